The van der Waals surface area contributed by atoms with Gasteiger partial charge in [-0.2, -0.15) is 0 Å². The maximum atomic E-state index is 10.8. The molecule has 4 nitrogen and oxygen atoms in total. The molecule has 0 fully saturated rings. The monoisotopic (exact) mass is 250 g/mol. The summed E-state index contributed by atoms with van der Waals surface area (Å²) >= 11 is 0. The Morgan fingerprint density at radius 2 is 1.94 bits per heavy atom. The van der Waals surface area contributed by atoms with E-state index in [1.54, 1.807) is 12.1 Å². The van der Waals surface area contributed by atoms with Gasteiger partial charge in [0.15, 0.2) is 0 Å². The van der Waals surface area contributed by atoms with Crippen molar-refractivity contribution in [3.8, 4) is 0 Å². The zero-order valence-corrected chi connectivity index (χ0v) is 11.8. The zero-order valence-electron chi connectivity index (χ0n) is 11.8. The minimum absolute atomic E-state index is 0.140. The topological polar surface area (TPSA) is 55.2 Å². The van der Waals surface area contributed by atoms with Crippen LogP contribution in [0.5, 0.6) is 0 Å². The Balaban J connectivity index is 2.77. The Hall–Kier alpha value is -1.58. The van der Waals surface area contributed by atoms with E-state index in [9.17, 15) is 10.1 Å². The van der Waals surface area contributed by atoms with Gasteiger partial charge in [0.25, 0.3) is 5.69 Å². The molecule has 0 aliphatic carbocycles. The van der Waals surface area contributed by atoms with Gasteiger partial charge in [0, 0.05) is 24.4 Å². The second-order valence-corrected chi connectivity index (χ2v) is 5.96. The van der Waals surface area contributed by atoms with Crippen LogP contribution in [0.15, 0.2) is 18.2 Å². The summed E-state index contributed by atoms with van der Waals surface area (Å²) in [5.74, 6) is 0.483. The molecule has 1 aromatic carbocycles. The first-order valence-corrected chi connectivity index (χ1v) is 6.20. The van der Waals surface area contributed by atoms with Gasteiger partial charge in [-0.25, -0.2) is 0 Å². The van der Waals surface area contributed by atoms with Crippen LogP contribution >= 0.6 is 0 Å². The van der Waals surface area contributed by atoms with Crippen molar-refractivity contribution >= 4 is 11.4 Å². The number of aryl methyl sites for hydroxylation is 1. The average molecular weight is 250 g/mol. The van der Waals surface area contributed by atoms with Crippen molar-refractivity contribution < 1.29 is 4.92 Å². The van der Waals surface area contributed by atoms with Gasteiger partial charge in [0.2, 0.25) is 0 Å². The molecule has 0 aliphatic rings. The van der Waals surface area contributed by atoms with Crippen LogP contribution in [0.2, 0.25) is 0 Å². The highest BCUT2D eigenvalue weighted by Crippen LogP contribution is 2.26. The first kappa shape index (κ1) is 14.5. The number of nitrogens with one attached hydrogen (secondary N) is 1. The van der Waals surface area contributed by atoms with E-state index in [-0.39, 0.29) is 16.0 Å². The highest BCUT2D eigenvalue weighted by atomic mass is 16.6. The highest BCUT2D eigenvalue weighted by Gasteiger charge is 2.19. The van der Waals surface area contributed by atoms with Crippen LogP contribution in [0.1, 0.15) is 33.3 Å². The number of nitro benzene ring substituents is 1. The van der Waals surface area contributed by atoms with Crippen LogP contribution in [-0.4, -0.2) is 11.5 Å². The van der Waals surface area contributed by atoms with E-state index in [4.69, 9.17) is 0 Å². The third kappa shape index (κ3) is 4.02. The van der Waals surface area contributed by atoms with Crippen LogP contribution in [0.4, 0.5) is 11.4 Å². The summed E-state index contributed by atoms with van der Waals surface area (Å²) in [6, 6.07) is 5.10. The van der Waals surface area contributed by atoms with Crippen molar-refractivity contribution in [2.45, 2.75) is 34.6 Å². The second kappa shape index (κ2) is 5.38. The summed E-state index contributed by atoms with van der Waals surface area (Å²) in [7, 11) is 0. The van der Waals surface area contributed by atoms with Gasteiger partial charge >= 0.3 is 0 Å². The molecule has 0 saturated carbocycles. The Bertz CT molecular complexity index is 436. The predicted molar refractivity (Wildman–Crippen MR) is 74.9 cm³/mol. The summed E-state index contributed by atoms with van der Waals surface area (Å²) in [6.07, 6.45) is 0. The number of nitrogens with zero attached hydrogens (tertiary/aromatic N) is 1. The first-order chi connectivity index (χ1) is 8.20. The summed E-state index contributed by atoms with van der Waals surface area (Å²) < 4.78 is 0. The van der Waals surface area contributed by atoms with Crippen molar-refractivity contribution in [2.75, 3.05) is 11.9 Å². The van der Waals surface area contributed by atoms with Crippen LogP contribution in [0.3, 0.4) is 0 Å². The standard InChI is InChI=1S/C14H22N2O2/c1-10-6-12(8-13(7-10)16(17)18)15-9-11(2)14(3,4)5/h6-8,11,15H,9H2,1-5H3. The van der Waals surface area contributed by atoms with Crippen LogP contribution in [-0.2, 0) is 0 Å². The molecule has 4 heteroatoms. The minimum Gasteiger partial charge on any atom is -0.385 e. The molecule has 0 spiro atoms. The second-order valence-electron chi connectivity index (χ2n) is 5.96. The lowest BCUT2D eigenvalue weighted by molar-refractivity contribution is -0.384. The number of non-ortho nitro benzene ring substituents is 1. The van der Waals surface area contributed by atoms with Crippen molar-refractivity contribution in [3.05, 3.63) is 33.9 Å². The lowest BCUT2D eigenvalue weighted by Crippen LogP contribution is -2.24. The van der Waals surface area contributed by atoms with Crippen LogP contribution in [0.25, 0.3) is 0 Å². The van der Waals surface area contributed by atoms with E-state index >= 15 is 0 Å². The molecule has 0 heterocycles. The fourth-order valence-corrected chi connectivity index (χ4v) is 1.55. The maximum absolute atomic E-state index is 10.8. The molecule has 0 saturated heterocycles. The van der Waals surface area contributed by atoms with Crippen molar-refractivity contribution in [1.82, 2.24) is 0 Å². The third-order valence-corrected chi connectivity index (χ3v) is 3.36. The van der Waals surface area contributed by atoms with Gasteiger partial charge in [-0.05, 0) is 29.9 Å². The van der Waals surface area contributed by atoms with E-state index in [0.29, 0.717) is 5.92 Å². The molecule has 1 aromatic rings. The molecule has 1 rings (SSSR count). The van der Waals surface area contributed by atoms with Gasteiger partial charge in [-0.15, -0.1) is 0 Å². The molecule has 0 aromatic heterocycles. The average Bonchev–Trinajstić information content (AvgIpc) is 2.23. The summed E-state index contributed by atoms with van der Waals surface area (Å²) in [4.78, 5) is 10.4. The minimum atomic E-state index is -0.356. The predicted octanol–water partition coefficient (Wildman–Crippen LogP) is 4.00. The summed E-state index contributed by atoms with van der Waals surface area (Å²) in [5, 5.41) is 14.1. The molecule has 1 N–H and O–H groups in total. The van der Waals surface area contributed by atoms with Gasteiger partial charge in [0.05, 0.1) is 4.92 Å². The number of anilines is 1. The highest BCUT2D eigenvalue weighted by molar-refractivity contribution is 5.53. The Morgan fingerprint density at radius 3 is 2.44 bits per heavy atom. The Morgan fingerprint density at radius 1 is 1.33 bits per heavy atom. The third-order valence-electron chi connectivity index (χ3n) is 3.36. The molecule has 1 atom stereocenters. The molecule has 0 bridgehead atoms. The normalized spacial score (nSPS) is 13.2. The van der Waals surface area contributed by atoms with Crippen molar-refractivity contribution in [2.24, 2.45) is 11.3 Å². The quantitative estimate of drug-likeness (QED) is 0.649. The van der Waals surface area contributed by atoms with Gasteiger partial charge in [0.1, 0.15) is 0 Å². The first-order valence-electron chi connectivity index (χ1n) is 6.20. The van der Waals surface area contributed by atoms with E-state index in [2.05, 4.69) is 33.0 Å². The summed E-state index contributed by atoms with van der Waals surface area (Å²) in [5.41, 5.74) is 2.08. The van der Waals surface area contributed by atoms with Gasteiger partial charge < -0.3 is 5.32 Å². The number of hydrogen-bond acceptors (Lipinski definition) is 3. The zero-order chi connectivity index (χ0) is 13.9. The van der Waals surface area contributed by atoms with E-state index in [1.807, 2.05) is 13.0 Å². The van der Waals surface area contributed by atoms with Crippen LogP contribution in [0, 0.1) is 28.4 Å². The molecule has 18 heavy (non-hydrogen) atoms. The largest absolute Gasteiger partial charge is 0.385 e. The molecular weight excluding hydrogens is 228 g/mol. The lowest BCUT2D eigenvalue weighted by Gasteiger charge is -2.27. The molecule has 0 aliphatic heterocycles. The van der Waals surface area contributed by atoms with E-state index in [1.165, 1.54) is 0 Å². The lowest BCUT2D eigenvalue weighted by atomic mass is 9.82. The molecule has 0 amide bonds. The Kier molecular flexibility index (Phi) is 4.33. The fraction of sp³-hybridized carbons (Fsp3) is 0.571. The SMILES string of the molecule is Cc1cc(NCC(C)C(C)(C)C)cc([N+](=O)[O-])c1. The number of hydrogen-bond donors (Lipinski definition) is 1. The van der Waals surface area contributed by atoms with E-state index in [0.717, 1.165) is 17.8 Å². The smallest absolute Gasteiger partial charge is 0.271 e. The van der Waals surface area contributed by atoms with Gasteiger partial charge in [-0.3, -0.25) is 10.1 Å². The van der Waals surface area contributed by atoms with Crippen LogP contribution < -0.4 is 5.32 Å². The molecule has 100 valence electrons. The van der Waals surface area contributed by atoms with Gasteiger partial charge in [-0.1, -0.05) is 27.7 Å². The summed E-state index contributed by atoms with van der Waals surface area (Å²) in [6.45, 7) is 11.4. The molecular formula is C14H22N2O2. The fourth-order valence-electron chi connectivity index (χ4n) is 1.55. The Labute approximate surface area is 109 Å². The van der Waals surface area contributed by atoms with E-state index < -0.39 is 0 Å². The number of benzene rings is 1. The number of nitro groups is 1. The maximum Gasteiger partial charge on any atom is 0.271 e. The molecule has 0 radical (unpaired) electrons. The molecule has 1 unspecified atom stereocenters. The van der Waals surface area contributed by atoms with Crippen molar-refractivity contribution in [1.29, 1.82) is 0 Å². The number of rotatable bonds is 4. The van der Waals surface area contributed by atoms with Crippen molar-refractivity contribution in [3.63, 3.8) is 0 Å².